The fraction of sp³-hybridized carbons (Fsp3) is 1.00. The fourth-order valence-electron chi connectivity index (χ4n) is 2.74. The number of ether oxygens (including phenoxy) is 2. The molecular weight excluding hydrogens is 266 g/mol. The van der Waals surface area contributed by atoms with Gasteiger partial charge in [0.1, 0.15) is 6.10 Å². The highest BCUT2D eigenvalue weighted by molar-refractivity contribution is 4.92. The molecule has 2 fully saturated rings. The third kappa shape index (κ3) is 3.29. The van der Waals surface area contributed by atoms with Gasteiger partial charge in [0.05, 0.1) is 30.5 Å². The average molecular weight is 291 g/mol. The van der Waals surface area contributed by atoms with Crippen LogP contribution in [0.2, 0.25) is 0 Å². The first-order valence-electron chi connectivity index (χ1n) is 7.00. The topological polar surface area (TPSA) is 157 Å². The van der Waals surface area contributed by atoms with Crippen molar-refractivity contribution >= 4 is 0 Å². The number of rotatable bonds is 3. The van der Waals surface area contributed by atoms with E-state index in [9.17, 15) is 15.3 Å². The summed E-state index contributed by atoms with van der Waals surface area (Å²) < 4.78 is 11.2. The maximum atomic E-state index is 9.97. The summed E-state index contributed by atoms with van der Waals surface area (Å²) in [6.45, 7) is 0.161. The van der Waals surface area contributed by atoms with Gasteiger partial charge in [-0.05, 0) is 19.3 Å². The minimum absolute atomic E-state index is 0.161. The van der Waals surface area contributed by atoms with Gasteiger partial charge in [-0.25, -0.2) is 0 Å². The van der Waals surface area contributed by atoms with Gasteiger partial charge in [-0.3, -0.25) is 0 Å². The molecule has 8 nitrogen and oxygen atoms in total. The molecule has 0 bridgehead atoms. The summed E-state index contributed by atoms with van der Waals surface area (Å²) >= 11 is 0. The zero-order valence-electron chi connectivity index (χ0n) is 11.3. The Balaban J connectivity index is 1.95. The standard InChI is InChI=1S/C12H25N3O5/c13-4-9-7(16)3-6(15)12(20-9)19-8-2-1-5(14)10(17)11(8)18/h5-12,16-18H,1-4,13-15H2/t5-,6+,7+,8-,9?,10?,11?,12+/m1/s1. The van der Waals surface area contributed by atoms with Gasteiger partial charge in [0.2, 0.25) is 0 Å². The Kier molecular flexibility index (Phi) is 5.32. The van der Waals surface area contributed by atoms with Crippen molar-refractivity contribution in [2.24, 2.45) is 17.2 Å². The molecule has 1 aliphatic carbocycles. The quantitative estimate of drug-likeness (QED) is 0.320. The predicted octanol–water partition coefficient (Wildman–Crippen LogP) is -3.02. The lowest BCUT2D eigenvalue weighted by Crippen LogP contribution is -2.58. The summed E-state index contributed by atoms with van der Waals surface area (Å²) in [6, 6.07) is -0.961. The Hall–Kier alpha value is -0.320. The zero-order chi connectivity index (χ0) is 14.9. The van der Waals surface area contributed by atoms with Crippen LogP contribution in [-0.4, -0.2) is 70.8 Å². The van der Waals surface area contributed by atoms with Gasteiger partial charge in [0.15, 0.2) is 6.29 Å². The molecule has 8 atom stereocenters. The Labute approximate surface area is 117 Å². The molecule has 0 radical (unpaired) electrons. The highest BCUT2D eigenvalue weighted by atomic mass is 16.7. The molecule has 0 aromatic carbocycles. The first kappa shape index (κ1) is 16.1. The van der Waals surface area contributed by atoms with E-state index in [0.717, 1.165) is 0 Å². The molecule has 0 amide bonds. The Morgan fingerprint density at radius 1 is 1.05 bits per heavy atom. The van der Waals surface area contributed by atoms with E-state index in [1.807, 2.05) is 0 Å². The Morgan fingerprint density at radius 2 is 1.75 bits per heavy atom. The Bertz CT molecular complexity index is 321. The Morgan fingerprint density at radius 3 is 2.40 bits per heavy atom. The summed E-state index contributed by atoms with van der Waals surface area (Å²) in [7, 11) is 0. The average Bonchev–Trinajstić information content (AvgIpc) is 2.42. The SMILES string of the molecule is NCC1O[C@H](O[C@@H]2CC[C@@H](N)C(O)C2O)[C@@H](N)C[C@@H]1O. The van der Waals surface area contributed by atoms with Crippen molar-refractivity contribution in [1.29, 1.82) is 0 Å². The maximum Gasteiger partial charge on any atom is 0.173 e. The normalized spacial score (nSPS) is 50.1. The third-order valence-electron chi connectivity index (χ3n) is 4.10. The lowest BCUT2D eigenvalue weighted by Gasteiger charge is -2.42. The molecule has 0 spiro atoms. The number of hydrogen-bond donors (Lipinski definition) is 6. The van der Waals surface area contributed by atoms with E-state index >= 15 is 0 Å². The summed E-state index contributed by atoms with van der Waals surface area (Å²) in [5.41, 5.74) is 17.1. The van der Waals surface area contributed by atoms with Gasteiger partial charge in [-0.15, -0.1) is 0 Å². The van der Waals surface area contributed by atoms with Gasteiger partial charge in [-0.2, -0.15) is 0 Å². The van der Waals surface area contributed by atoms with Crippen molar-refractivity contribution in [3.8, 4) is 0 Å². The molecule has 1 heterocycles. The van der Waals surface area contributed by atoms with E-state index in [1.165, 1.54) is 0 Å². The molecule has 9 N–H and O–H groups in total. The monoisotopic (exact) mass is 291 g/mol. The molecular formula is C12H25N3O5. The van der Waals surface area contributed by atoms with E-state index in [0.29, 0.717) is 19.3 Å². The van der Waals surface area contributed by atoms with Crippen molar-refractivity contribution < 1.29 is 24.8 Å². The van der Waals surface area contributed by atoms with Gasteiger partial charge < -0.3 is 42.0 Å². The molecule has 3 unspecified atom stereocenters. The van der Waals surface area contributed by atoms with Crippen LogP contribution in [0, 0.1) is 0 Å². The van der Waals surface area contributed by atoms with Crippen molar-refractivity contribution in [1.82, 2.24) is 0 Å². The molecule has 2 aliphatic rings. The van der Waals surface area contributed by atoms with E-state index in [-0.39, 0.29) is 6.54 Å². The van der Waals surface area contributed by atoms with Gasteiger partial charge in [0.25, 0.3) is 0 Å². The predicted molar refractivity (Wildman–Crippen MR) is 70.4 cm³/mol. The summed E-state index contributed by atoms with van der Waals surface area (Å²) in [4.78, 5) is 0. The van der Waals surface area contributed by atoms with Gasteiger partial charge in [-0.1, -0.05) is 0 Å². The van der Waals surface area contributed by atoms with E-state index in [1.54, 1.807) is 0 Å². The lowest BCUT2D eigenvalue weighted by molar-refractivity contribution is -0.265. The van der Waals surface area contributed by atoms with Crippen molar-refractivity contribution in [2.45, 2.75) is 68.2 Å². The highest BCUT2D eigenvalue weighted by Crippen LogP contribution is 2.26. The van der Waals surface area contributed by atoms with Crippen LogP contribution in [0.15, 0.2) is 0 Å². The van der Waals surface area contributed by atoms with Crippen molar-refractivity contribution in [3.05, 3.63) is 0 Å². The molecule has 1 saturated carbocycles. The number of aliphatic hydroxyl groups excluding tert-OH is 3. The summed E-state index contributed by atoms with van der Waals surface area (Å²) in [5, 5.41) is 29.5. The van der Waals surface area contributed by atoms with Crippen molar-refractivity contribution in [2.75, 3.05) is 6.54 Å². The zero-order valence-corrected chi connectivity index (χ0v) is 11.3. The van der Waals surface area contributed by atoms with Crippen LogP contribution in [-0.2, 0) is 9.47 Å². The van der Waals surface area contributed by atoms with Crippen LogP contribution in [0.4, 0.5) is 0 Å². The summed E-state index contributed by atoms with van der Waals surface area (Å²) in [5.74, 6) is 0. The first-order chi connectivity index (χ1) is 9.43. The molecule has 118 valence electrons. The highest BCUT2D eigenvalue weighted by Gasteiger charge is 2.41. The van der Waals surface area contributed by atoms with E-state index < -0.39 is 48.9 Å². The van der Waals surface area contributed by atoms with Crippen LogP contribution in [0.3, 0.4) is 0 Å². The van der Waals surface area contributed by atoms with Crippen molar-refractivity contribution in [3.63, 3.8) is 0 Å². The third-order valence-corrected chi connectivity index (χ3v) is 4.10. The van der Waals surface area contributed by atoms with Crippen LogP contribution < -0.4 is 17.2 Å². The molecule has 1 saturated heterocycles. The molecule has 0 aromatic rings. The number of nitrogens with two attached hydrogens (primary N) is 3. The molecule has 20 heavy (non-hydrogen) atoms. The maximum absolute atomic E-state index is 9.97. The largest absolute Gasteiger partial charge is 0.390 e. The second kappa shape index (κ2) is 6.63. The first-order valence-corrected chi connectivity index (χ1v) is 7.00. The number of hydrogen-bond acceptors (Lipinski definition) is 8. The van der Waals surface area contributed by atoms with Crippen LogP contribution in [0.5, 0.6) is 0 Å². The molecule has 1 aliphatic heterocycles. The summed E-state index contributed by atoms with van der Waals surface area (Å²) in [6.07, 6.45) is -3.31. The molecule has 2 rings (SSSR count). The minimum atomic E-state index is -1.07. The minimum Gasteiger partial charge on any atom is -0.390 e. The van der Waals surface area contributed by atoms with Crippen LogP contribution in [0.1, 0.15) is 19.3 Å². The second-order valence-corrected chi connectivity index (χ2v) is 5.64. The smallest absolute Gasteiger partial charge is 0.173 e. The number of aliphatic hydroxyl groups is 3. The van der Waals surface area contributed by atoms with Crippen LogP contribution in [0.25, 0.3) is 0 Å². The van der Waals surface area contributed by atoms with Gasteiger partial charge in [0, 0.05) is 12.6 Å². The molecule has 8 heteroatoms. The molecule has 0 aromatic heterocycles. The lowest BCUT2D eigenvalue weighted by atomic mass is 9.88. The van der Waals surface area contributed by atoms with Gasteiger partial charge >= 0.3 is 0 Å². The van der Waals surface area contributed by atoms with E-state index in [2.05, 4.69) is 0 Å². The van der Waals surface area contributed by atoms with E-state index in [4.69, 9.17) is 26.7 Å². The fourth-order valence-corrected chi connectivity index (χ4v) is 2.74. The van der Waals surface area contributed by atoms with Crippen LogP contribution >= 0.6 is 0 Å². The second-order valence-electron chi connectivity index (χ2n) is 5.64.